The number of nitrogens with two attached hydrogens (primary N) is 1. The van der Waals surface area contributed by atoms with Gasteiger partial charge >= 0.3 is 5.97 Å². The molecule has 2 unspecified atom stereocenters. The van der Waals surface area contributed by atoms with E-state index in [0.29, 0.717) is 22.5 Å². The van der Waals surface area contributed by atoms with Crippen LogP contribution in [0.5, 0.6) is 0 Å². The Morgan fingerprint density at radius 2 is 1.75 bits per heavy atom. The van der Waals surface area contributed by atoms with Crippen molar-refractivity contribution in [2.24, 2.45) is 10.7 Å². The van der Waals surface area contributed by atoms with Gasteiger partial charge in [0.1, 0.15) is 12.6 Å². The first-order chi connectivity index (χ1) is 21.2. The second-order valence-electron chi connectivity index (χ2n) is 10.4. The molecule has 3 atom stereocenters. The second-order valence-corrected chi connectivity index (χ2v) is 10.8. The lowest BCUT2D eigenvalue weighted by molar-refractivity contribution is -0.141. The number of likely N-dealkylation sites (N-methyl/N-ethyl adjacent to an activating group) is 1. The summed E-state index contributed by atoms with van der Waals surface area (Å²) in [6.45, 7) is -0.512. The van der Waals surface area contributed by atoms with E-state index < -0.39 is 48.5 Å². The van der Waals surface area contributed by atoms with Gasteiger partial charge in [-0.3, -0.25) is 19.3 Å². The van der Waals surface area contributed by atoms with Gasteiger partial charge in [0.05, 0.1) is 17.4 Å². The Labute approximate surface area is 259 Å². The summed E-state index contributed by atoms with van der Waals surface area (Å²) in [5.41, 5.74) is 9.65. The third-order valence-electron chi connectivity index (χ3n) is 7.50. The fourth-order valence-corrected chi connectivity index (χ4v) is 5.38. The number of carboxylic acids is 1. The molecule has 44 heavy (non-hydrogen) atoms. The number of benzodiazepines with no additional fused rings is 1. The maximum atomic E-state index is 14.2. The molecule has 1 aliphatic rings. The number of nitrogens with one attached hydrogen (secondary N) is 2. The van der Waals surface area contributed by atoms with Crippen LogP contribution in [0, 0.1) is 0 Å². The lowest BCUT2D eigenvalue weighted by Gasteiger charge is -2.30. The Balaban J connectivity index is 1.48. The average Bonchev–Trinajstić information content (AvgIpc) is 3.40. The molecule has 1 aliphatic heterocycles. The summed E-state index contributed by atoms with van der Waals surface area (Å²) >= 11 is 4.13. The predicted octanol–water partition coefficient (Wildman–Crippen LogP) is 2.21. The van der Waals surface area contributed by atoms with Crippen LogP contribution in [0.15, 0.2) is 90.1 Å². The average molecular weight is 613 g/mol. The van der Waals surface area contributed by atoms with Crippen molar-refractivity contribution in [1.29, 1.82) is 0 Å². The largest absolute Gasteiger partial charge is 0.480 e. The molecule has 0 spiro atoms. The first-order valence-corrected chi connectivity index (χ1v) is 14.6. The third-order valence-corrected chi connectivity index (χ3v) is 7.89. The summed E-state index contributed by atoms with van der Waals surface area (Å²) in [6.07, 6.45) is 0.389. The van der Waals surface area contributed by atoms with Crippen LogP contribution in [-0.4, -0.2) is 82.0 Å². The van der Waals surface area contributed by atoms with E-state index in [0.717, 1.165) is 21.4 Å². The van der Waals surface area contributed by atoms with Crippen molar-refractivity contribution in [3.63, 3.8) is 0 Å². The Morgan fingerprint density at radius 1 is 1.07 bits per heavy atom. The number of fused-ring (bicyclic) bond motifs is 2. The van der Waals surface area contributed by atoms with Crippen molar-refractivity contribution in [3.05, 3.63) is 102 Å². The van der Waals surface area contributed by atoms with Gasteiger partial charge in [-0.05, 0) is 17.7 Å². The Morgan fingerprint density at radius 3 is 2.48 bits per heavy atom. The van der Waals surface area contributed by atoms with Gasteiger partial charge in [0.15, 0.2) is 0 Å². The molecule has 5 N–H and O–H groups in total. The molecule has 3 amide bonds. The highest BCUT2D eigenvalue weighted by Crippen LogP contribution is 2.29. The van der Waals surface area contributed by atoms with Gasteiger partial charge in [-0.25, -0.2) is 9.79 Å². The van der Waals surface area contributed by atoms with E-state index >= 15 is 0 Å². The second kappa shape index (κ2) is 13.1. The highest BCUT2D eigenvalue weighted by molar-refractivity contribution is 7.80. The number of H-pyrrole nitrogens is 1. The molecule has 4 aromatic rings. The number of aromatic nitrogens is 1. The number of carbonyl (C=O) groups is 4. The van der Waals surface area contributed by atoms with Crippen LogP contribution in [0.25, 0.3) is 10.9 Å². The van der Waals surface area contributed by atoms with E-state index in [2.05, 4.69) is 22.9 Å². The van der Waals surface area contributed by atoms with Crippen molar-refractivity contribution < 1.29 is 24.3 Å². The first-order valence-electron chi connectivity index (χ1n) is 13.9. The number of carbonyl (C=O) groups excluding carboxylic acids is 3. The number of benzene rings is 3. The van der Waals surface area contributed by atoms with Crippen molar-refractivity contribution in [1.82, 2.24) is 15.2 Å². The normalized spacial score (nSPS) is 16.0. The topological polar surface area (TPSA) is 161 Å². The molecule has 226 valence electrons. The first kappa shape index (κ1) is 30.5. The molecule has 12 heteroatoms. The van der Waals surface area contributed by atoms with Gasteiger partial charge in [-0.1, -0.05) is 66.7 Å². The zero-order valence-corrected chi connectivity index (χ0v) is 24.8. The van der Waals surface area contributed by atoms with Crippen molar-refractivity contribution in [2.75, 3.05) is 24.2 Å². The highest BCUT2D eigenvalue weighted by Gasteiger charge is 2.38. The number of carboxylic acid groups (broad SMARTS) is 1. The molecule has 0 bridgehead atoms. The summed E-state index contributed by atoms with van der Waals surface area (Å²) in [4.78, 5) is 63.2. The van der Waals surface area contributed by atoms with Gasteiger partial charge in [0.2, 0.25) is 18.0 Å². The lowest BCUT2D eigenvalue weighted by atomic mass is 10.0. The number of thiol groups is 1. The van der Waals surface area contributed by atoms with E-state index in [4.69, 9.17) is 10.7 Å². The van der Waals surface area contributed by atoms with Crippen molar-refractivity contribution >= 4 is 58.6 Å². The summed E-state index contributed by atoms with van der Waals surface area (Å²) in [6, 6.07) is 21.4. The summed E-state index contributed by atoms with van der Waals surface area (Å²) < 4.78 is 0. The molecule has 0 radical (unpaired) electrons. The van der Waals surface area contributed by atoms with E-state index in [9.17, 15) is 24.3 Å². The molecular weight excluding hydrogens is 580 g/mol. The minimum atomic E-state index is -1.36. The van der Waals surface area contributed by atoms with E-state index in [1.165, 1.54) is 11.9 Å². The minimum Gasteiger partial charge on any atom is -0.480 e. The van der Waals surface area contributed by atoms with Crippen LogP contribution >= 0.6 is 12.6 Å². The SMILES string of the molecule is CN(C(=O)C(N)CS)C1N=C(c2ccccc2)c2ccccc2N(CC(=O)N[C@@H](Cc2c[nH]c3ccccc23)C(=O)O)C1=O. The molecule has 1 aromatic heterocycles. The maximum absolute atomic E-state index is 14.2. The van der Waals surface area contributed by atoms with Gasteiger partial charge in [0.25, 0.3) is 5.91 Å². The van der Waals surface area contributed by atoms with E-state index in [-0.39, 0.29) is 12.2 Å². The van der Waals surface area contributed by atoms with Crippen molar-refractivity contribution in [2.45, 2.75) is 24.7 Å². The van der Waals surface area contributed by atoms with Crippen LogP contribution in [0.3, 0.4) is 0 Å². The quantitative estimate of drug-likeness (QED) is 0.173. The zero-order valence-electron chi connectivity index (χ0n) is 23.9. The molecule has 0 saturated carbocycles. The lowest BCUT2D eigenvalue weighted by Crippen LogP contribution is -2.55. The van der Waals surface area contributed by atoms with Gasteiger partial charge in [-0.2, -0.15) is 12.6 Å². The molecule has 0 fully saturated rings. The Bertz CT molecular complexity index is 1740. The summed E-state index contributed by atoms with van der Waals surface area (Å²) in [7, 11) is 1.43. The number of aromatic amines is 1. The monoisotopic (exact) mass is 612 g/mol. The maximum Gasteiger partial charge on any atom is 0.326 e. The molecule has 0 aliphatic carbocycles. The van der Waals surface area contributed by atoms with Crippen LogP contribution in [0.1, 0.15) is 16.7 Å². The smallest absolute Gasteiger partial charge is 0.326 e. The third kappa shape index (κ3) is 6.21. The minimum absolute atomic E-state index is 0.0262. The number of amides is 3. The highest BCUT2D eigenvalue weighted by atomic mass is 32.1. The van der Waals surface area contributed by atoms with Gasteiger partial charge < -0.3 is 26.0 Å². The molecule has 2 heterocycles. The number of anilines is 1. The van der Waals surface area contributed by atoms with Gasteiger partial charge in [0, 0.05) is 47.4 Å². The van der Waals surface area contributed by atoms with Gasteiger partial charge in [-0.15, -0.1) is 0 Å². The molecule has 0 saturated heterocycles. The fraction of sp³-hybridized carbons (Fsp3) is 0.219. The van der Waals surface area contributed by atoms with Crippen molar-refractivity contribution in [3.8, 4) is 0 Å². The number of nitrogens with zero attached hydrogens (tertiary/aromatic N) is 3. The van der Waals surface area contributed by atoms with Crippen LogP contribution in [0.4, 0.5) is 5.69 Å². The number of aliphatic imine (C=N–C) groups is 1. The summed E-state index contributed by atoms with van der Waals surface area (Å²) in [5.74, 6) is -3.05. The van der Waals surface area contributed by atoms with Crippen LogP contribution in [0.2, 0.25) is 0 Å². The zero-order chi connectivity index (χ0) is 31.4. The van der Waals surface area contributed by atoms with Crippen LogP contribution < -0.4 is 16.0 Å². The number of rotatable bonds is 10. The summed E-state index contributed by atoms with van der Waals surface area (Å²) in [5, 5.41) is 13.4. The molecule has 3 aromatic carbocycles. The number of aliphatic carboxylic acids is 1. The molecule has 5 rings (SSSR count). The number of hydrogen-bond acceptors (Lipinski definition) is 7. The molecular formula is C32H32N6O5S. The standard InChI is InChI=1S/C32H32N6O5S/c1-37(30(40)23(33)18-44)29-31(41)38(26-14-8-6-12-22(26)28(36-29)19-9-3-2-4-10-19)17-27(39)35-25(32(42)43)15-20-16-34-24-13-7-5-11-21(20)24/h2-14,16,23,25,29,34,44H,15,17-18,33H2,1H3,(H,35,39)(H,42,43)/t23?,25-,29?/m0/s1. The number of hydrogen-bond donors (Lipinski definition) is 5. The number of para-hydroxylation sites is 2. The Hall–Kier alpha value is -4.94. The fourth-order valence-electron chi connectivity index (χ4n) is 5.22. The predicted molar refractivity (Wildman–Crippen MR) is 171 cm³/mol. The Kier molecular flexibility index (Phi) is 9.12. The van der Waals surface area contributed by atoms with E-state index in [1.54, 1.807) is 30.5 Å². The van der Waals surface area contributed by atoms with Crippen LogP contribution in [-0.2, 0) is 25.6 Å². The van der Waals surface area contributed by atoms with E-state index in [1.807, 2.05) is 54.6 Å². The molecule has 11 nitrogen and oxygen atoms in total.